The van der Waals surface area contributed by atoms with Gasteiger partial charge in [-0.1, -0.05) is 24.3 Å². The van der Waals surface area contributed by atoms with Crippen LogP contribution in [0.3, 0.4) is 0 Å². The summed E-state index contributed by atoms with van der Waals surface area (Å²) < 4.78 is 33.1. The Balaban J connectivity index is 0.000000383. The first kappa shape index (κ1) is 23.9. The van der Waals surface area contributed by atoms with Gasteiger partial charge in [0.1, 0.15) is 0 Å². The number of halogens is 3. The van der Waals surface area contributed by atoms with Gasteiger partial charge in [0.05, 0.1) is 5.69 Å². The molecule has 0 aliphatic carbocycles. The van der Waals surface area contributed by atoms with E-state index in [-0.39, 0.29) is 11.5 Å². The summed E-state index contributed by atoms with van der Waals surface area (Å²) in [5, 5.41) is 13.5. The second kappa shape index (κ2) is 9.41. The van der Waals surface area contributed by atoms with Crippen LogP contribution < -0.4 is 11.3 Å². The van der Waals surface area contributed by atoms with Gasteiger partial charge in [-0.15, -0.1) is 0 Å². The number of aromatic nitrogens is 2. The zero-order valence-corrected chi connectivity index (χ0v) is 17.6. The Morgan fingerprint density at radius 3 is 2.52 bits per heavy atom. The van der Waals surface area contributed by atoms with Crippen LogP contribution >= 0.6 is 0 Å². The summed E-state index contributed by atoms with van der Waals surface area (Å²) in [5.41, 5.74) is 9.05. The van der Waals surface area contributed by atoms with Gasteiger partial charge in [-0.3, -0.25) is 9.59 Å². The molecule has 0 radical (unpaired) electrons. The van der Waals surface area contributed by atoms with Gasteiger partial charge in [0.2, 0.25) is 0 Å². The van der Waals surface area contributed by atoms with E-state index in [9.17, 15) is 22.8 Å². The molecule has 2 aromatic carbocycles. The third kappa shape index (κ3) is 5.37. The van der Waals surface area contributed by atoms with Gasteiger partial charge in [-0.25, -0.2) is 9.48 Å². The van der Waals surface area contributed by atoms with Crippen molar-refractivity contribution in [2.24, 2.45) is 12.8 Å². The zero-order chi connectivity index (χ0) is 24.3. The molecule has 33 heavy (non-hydrogen) atoms. The van der Waals surface area contributed by atoms with E-state index >= 15 is 0 Å². The van der Waals surface area contributed by atoms with E-state index in [2.05, 4.69) is 5.10 Å². The molecule has 0 spiro atoms. The number of nitrogens with zero attached hydrogens (tertiary/aromatic N) is 3. The average molecular weight is 462 g/mol. The Hall–Kier alpha value is -3.73. The molecule has 3 aromatic rings. The number of carboxylic acids is 1. The summed E-state index contributed by atoms with van der Waals surface area (Å²) in [7, 11) is 1.64. The van der Waals surface area contributed by atoms with E-state index in [1.165, 1.54) is 4.68 Å². The zero-order valence-electron chi connectivity index (χ0n) is 17.6. The number of carboxylic acid groups (broad SMARTS) is 1. The lowest BCUT2D eigenvalue weighted by Gasteiger charge is -2.28. The van der Waals surface area contributed by atoms with Crippen LogP contribution in [0.1, 0.15) is 27.2 Å². The highest BCUT2D eigenvalue weighted by molar-refractivity contribution is 5.99. The molecule has 8 nitrogen and oxygen atoms in total. The number of carbonyl (C=O) groups excluding carboxylic acids is 1. The summed E-state index contributed by atoms with van der Waals surface area (Å²) in [6.07, 6.45) is -4.43. The molecule has 0 fully saturated rings. The molecule has 1 aliphatic heterocycles. The van der Waals surface area contributed by atoms with Crippen LogP contribution in [0.25, 0.3) is 10.8 Å². The van der Waals surface area contributed by atoms with Gasteiger partial charge in [-0.05, 0) is 28.5 Å². The number of carbonyl (C=O) groups is 2. The van der Waals surface area contributed by atoms with Crippen molar-refractivity contribution in [3.8, 4) is 0 Å². The molecule has 0 unspecified atom stereocenters. The first-order valence-corrected chi connectivity index (χ1v) is 9.88. The number of benzene rings is 2. The fraction of sp³-hybridized carbons (Fsp3) is 0.273. The molecule has 0 bridgehead atoms. The Morgan fingerprint density at radius 2 is 1.88 bits per heavy atom. The molecule has 4 rings (SSSR count). The molecule has 0 saturated heterocycles. The van der Waals surface area contributed by atoms with Gasteiger partial charge in [0.25, 0.3) is 11.5 Å². The number of aliphatic carboxylic acids is 1. The maximum absolute atomic E-state index is 13.0. The average Bonchev–Trinajstić information content (AvgIpc) is 2.78. The maximum atomic E-state index is 13.0. The lowest BCUT2D eigenvalue weighted by atomic mass is 10.0. The van der Waals surface area contributed by atoms with Gasteiger partial charge in [0.15, 0.2) is 0 Å². The number of hydrogen-bond acceptors (Lipinski definition) is 5. The summed E-state index contributed by atoms with van der Waals surface area (Å²) in [4.78, 5) is 35.5. The minimum absolute atomic E-state index is 0.0370. The summed E-state index contributed by atoms with van der Waals surface area (Å²) in [6, 6.07) is 13.3. The first-order chi connectivity index (χ1) is 15.5. The van der Waals surface area contributed by atoms with E-state index < -0.39 is 12.1 Å². The second-order valence-corrected chi connectivity index (χ2v) is 7.41. The Kier molecular flexibility index (Phi) is 6.82. The number of amides is 1. The van der Waals surface area contributed by atoms with E-state index in [0.717, 1.165) is 27.6 Å². The van der Waals surface area contributed by atoms with Crippen LogP contribution in [0, 0.1) is 0 Å². The molecule has 174 valence electrons. The third-order valence-electron chi connectivity index (χ3n) is 5.21. The van der Waals surface area contributed by atoms with Gasteiger partial charge < -0.3 is 15.7 Å². The lowest BCUT2D eigenvalue weighted by Crippen LogP contribution is -2.38. The van der Waals surface area contributed by atoms with E-state index in [4.69, 9.17) is 15.6 Å². The Bertz CT molecular complexity index is 1270. The van der Waals surface area contributed by atoms with Crippen LogP contribution in [0.5, 0.6) is 0 Å². The molecule has 3 N–H and O–H groups in total. The second-order valence-electron chi connectivity index (χ2n) is 7.41. The van der Waals surface area contributed by atoms with Crippen molar-refractivity contribution in [2.45, 2.75) is 25.7 Å². The van der Waals surface area contributed by atoms with Crippen molar-refractivity contribution in [1.29, 1.82) is 0 Å². The van der Waals surface area contributed by atoms with Crippen LogP contribution in [0.2, 0.25) is 0 Å². The predicted molar refractivity (Wildman–Crippen MR) is 113 cm³/mol. The minimum atomic E-state index is -5.08. The standard InChI is InChI=1S/C20H20N4O2.C2HF3O2/c1-23-19(25)10-16-12-24(8-7-18(16)22-23)20(26)14-6-5-13-3-2-4-15(11-21)17(13)9-14;3-2(4,5)1(6)7/h2-6,9-10H,7-8,11-12,21H2,1H3;(H,6,7). The van der Waals surface area contributed by atoms with Crippen LogP contribution in [-0.4, -0.2) is 44.4 Å². The number of fused-ring (bicyclic) bond motifs is 2. The molecule has 2 heterocycles. The largest absolute Gasteiger partial charge is 0.490 e. The fourth-order valence-corrected chi connectivity index (χ4v) is 3.50. The number of rotatable bonds is 2. The van der Waals surface area contributed by atoms with Gasteiger partial charge in [-0.2, -0.15) is 18.3 Å². The Morgan fingerprint density at radius 1 is 1.18 bits per heavy atom. The van der Waals surface area contributed by atoms with Crippen molar-refractivity contribution in [1.82, 2.24) is 14.7 Å². The molecule has 1 aromatic heterocycles. The highest BCUT2D eigenvalue weighted by Crippen LogP contribution is 2.23. The normalized spacial score (nSPS) is 13.2. The molecular formula is C22H21F3N4O4. The van der Waals surface area contributed by atoms with Gasteiger partial charge in [0, 0.05) is 50.3 Å². The predicted octanol–water partition coefficient (Wildman–Crippen LogP) is 2.22. The van der Waals surface area contributed by atoms with Gasteiger partial charge >= 0.3 is 12.1 Å². The van der Waals surface area contributed by atoms with Crippen molar-refractivity contribution in [3.05, 3.63) is 75.2 Å². The number of nitrogens with two attached hydrogens (primary N) is 1. The summed E-state index contributed by atoms with van der Waals surface area (Å²) in [5.74, 6) is -2.79. The molecule has 0 atom stereocenters. The number of hydrogen-bond donors (Lipinski definition) is 2. The fourth-order valence-electron chi connectivity index (χ4n) is 3.50. The minimum Gasteiger partial charge on any atom is -0.475 e. The van der Waals surface area contributed by atoms with Crippen molar-refractivity contribution in [2.75, 3.05) is 6.54 Å². The van der Waals surface area contributed by atoms with Crippen LogP contribution in [0.15, 0.2) is 47.3 Å². The molecule has 11 heteroatoms. The Labute approximate surface area is 186 Å². The molecule has 0 saturated carbocycles. The van der Waals surface area contributed by atoms with Crippen molar-refractivity contribution in [3.63, 3.8) is 0 Å². The molecular weight excluding hydrogens is 441 g/mol. The highest BCUT2D eigenvalue weighted by Gasteiger charge is 2.38. The molecule has 1 aliphatic rings. The topological polar surface area (TPSA) is 119 Å². The van der Waals surface area contributed by atoms with E-state index in [0.29, 0.717) is 31.6 Å². The van der Waals surface area contributed by atoms with E-state index in [1.807, 2.05) is 36.4 Å². The summed E-state index contributed by atoms with van der Waals surface area (Å²) >= 11 is 0. The lowest BCUT2D eigenvalue weighted by molar-refractivity contribution is -0.192. The summed E-state index contributed by atoms with van der Waals surface area (Å²) in [6.45, 7) is 1.43. The van der Waals surface area contributed by atoms with Crippen molar-refractivity contribution >= 4 is 22.6 Å². The third-order valence-corrected chi connectivity index (χ3v) is 5.21. The van der Waals surface area contributed by atoms with Crippen LogP contribution in [-0.2, 0) is 31.4 Å². The monoisotopic (exact) mass is 462 g/mol. The van der Waals surface area contributed by atoms with Crippen LogP contribution in [0.4, 0.5) is 13.2 Å². The maximum Gasteiger partial charge on any atom is 0.490 e. The number of alkyl halides is 3. The number of aryl methyl sites for hydroxylation is 1. The SMILES string of the molecule is Cn1nc2c(cc1=O)CN(C(=O)c1ccc3cccc(CN)c3c1)CC2.O=C(O)C(F)(F)F. The first-order valence-electron chi connectivity index (χ1n) is 9.88. The van der Waals surface area contributed by atoms with Crippen molar-refractivity contribution < 1.29 is 27.9 Å². The quantitative estimate of drug-likeness (QED) is 0.603. The molecule has 1 amide bonds. The smallest absolute Gasteiger partial charge is 0.475 e. The highest BCUT2D eigenvalue weighted by atomic mass is 19.4. The van der Waals surface area contributed by atoms with E-state index in [1.54, 1.807) is 18.0 Å².